The summed E-state index contributed by atoms with van der Waals surface area (Å²) in [6, 6.07) is 9.12. The lowest BCUT2D eigenvalue weighted by atomic mass is 10.1. The smallest absolute Gasteiger partial charge is 0.270 e. The van der Waals surface area contributed by atoms with Crippen LogP contribution in [0.4, 0.5) is 11.4 Å². The van der Waals surface area contributed by atoms with Gasteiger partial charge in [-0.25, -0.2) is 0 Å². The van der Waals surface area contributed by atoms with E-state index in [1.807, 2.05) is 0 Å². The molecule has 108 valence electrons. The number of nitro groups is 1. The number of hydrogen-bond acceptors (Lipinski definition) is 3. The number of rotatable bonds is 3. The largest absolute Gasteiger partial charge is 0.322 e. The van der Waals surface area contributed by atoms with Gasteiger partial charge in [0.05, 0.1) is 9.95 Å². The summed E-state index contributed by atoms with van der Waals surface area (Å²) in [7, 11) is 0. The van der Waals surface area contributed by atoms with Crippen molar-refractivity contribution in [2.45, 2.75) is 6.92 Å². The molecule has 2 rings (SSSR count). The molecule has 1 amide bonds. The van der Waals surface area contributed by atoms with E-state index in [1.54, 1.807) is 31.2 Å². The predicted molar refractivity (Wildman–Crippen MR) is 84.9 cm³/mol. The topological polar surface area (TPSA) is 72.2 Å². The molecule has 5 nitrogen and oxygen atoms in total. The summed E-state index contributed by atoms with van der Waals surface area (Å²) < 4.78 is 0.651. The van der Waals surface area contributed by atoms with Crippen molar-refractivity contribution in [2.75, 3.05) is 5.32 Å². The van der Waals surface area contributed by atoms with Crippen molar-refractivity contribution in [3.8, 4) is 0 Å². The minimum absolute atomic E-state index is 0.122. The summed E-state index contributed by atoms with van der Waals surface area (Å²) in [6.07, 6.45) is 0. The van der Waals surface area contributed by atoms with Crippen LogP contribution in [-0.4, -0.2) is 10.8 Å². The number of carbonyl (C=O) groups excluding carboxylic acids is 1. The van der Waals surface area contributed by atoms with Crippen LogP contribution in [-0.2, 0) is 0 Å². The maximum Gasteiger partial charge on any atom is 0.270 e. The van der Waals surface area contributed by atoms with E-state index in [0.717, 1.165) is 0 Å². The molecule has 2 aromatic carbocycles. The highest BCUT2D eigenvalue weighted by Crippen LogP contribution is 2.26. The molecule has 0 aliphatic carbocycles. The van der Waals surface area contributed by atoms with Gasteiger partial charge in [0.1, 0.15) is 0 Å². The van der Waals surface area contributed by atoms with Gasteiger partial charge in [0.15, 0.2) is 0 Å². The number of nitrogens with one attached hydrogen (secondary N) is 1. The second-order valence-corrected chi connectivity index (χ2v) is 5.60. The first-order valence-corrected chi connectivity index (χ1v) is 7.07. The lowest BCUT2D eigenvalue weighted by Gasteiger charge is -2.08. The van der Waals surface area contributed by atoms with E-state index in [0.29, 0.717) is 20.7 Å². The Morgan fingerprint density at radius 2 is 2.00 bits per heavy atom. The molecule has 0 saturated carbocycles. The fourth-order valence-electron chi connectivity index (χ4n) is 1.74. The molecule has 0 radical (unpaired) electrons. The Morgan fingerprint density at radius 3 is 2.62 bits per heavy atom. The molecule has 0 fully saturated rings. The maximum absolute atomic E-state index is 12.2. The zero-order chi connectivity index (χ0) is 15.6. The summed E-state index contributed by atoms with van der Waals surface area (Å²) in [5, 5.41) is 14.0. The van der Waals surface area contributed by atoms with Gasteiger partial charge in [-0.05, 0) is 46.6 Å². The van der Waals surface area contributed by atoms with Crippen LogP contribution in [0.1, 0.15) is 15.9 Å². The average molecular weight is 370 g/mol. The minimum atomic E-state index is -0.533. The molecule has 2 aromatic rings. The molecule has 21 heavy (non-hydrogen) atoms. The SMILES string of the molecule is Cc1ccc([N+](=O)[O-])cc1C(=O)Nc1ccc(Cl)c(Br)c1. The molecule has 0 aliphatic heterocycles. The van der Waals surface area contributed by atoms with Crippen molar-refractivity contribution >= 4 is 44.8 Å². The van der Waals surface area contributed by atoms with E-state index < -0.39 is 10.8 Å². The lowest BCUT2D eigenvalue weighted by molar-refractivity contribution is -0.384. The molecular weight excluding hydrogens is 360 g/mol. The highest BCUT2D eigenvalue weighted by Gasteiger charge is 2.15. The normalized spacial score (nSPS) is 10.2. The summed E-state index contributed by atoms with van der Waals surface area (Å²) in [6.45, 7) is 1.72. The van der Waals surface area contributed by atoms with Crippen LogP contribution in [0.5, 0.6) is 0 Å². The third-order valence-electron chi connectivity index (χ3n) is 2.85. The van der Waals surface area contributed by atoms with E-state index >= 15 is 0 Å². The molecular formula is C14H10BrClN2O3. The van der Waals surface area contributed by atoms with Gasteiger partial charge in [-0.1, -0.05) is 17.7 Å². The van der Waals surface area contributed by atoms with E-state index in [4.69, 9.17) is 11.6 Å². The highest BCUT2D eigenvalue weighted by atomic mass is 79.9. The predicted octanol–water partition coefficient (Wildman–Crippen LogP) is 4.57. The van der Waals surface area contributed by atoms with Gasteiger partial charge in [0, 0.05) is 27.9 Å². The Bertz CT molecular complexity index is 734. The summed E-state index contributed by atoms with van der Waals surface area (Å²) >= 11 is 9.15. The molecule has 0 aromatic heterocycles. The second kappa shape index (κ2) is 6.24. The van der Waals surface area contributed by atoms with Crippen molar-refractivity contribution in [1.82, 2.24) is 0 Å². The van der Waals surface area contributed by atoms with Crippen LogP contribution in [0, 0.1) is 17.0 Å². The lowest BCUT2D eigenvalue weighted by Crippen LogP contribution is -2.13. The van der Waals surface area contributed by atoms with Crippen molar-refractivity contribution in [1.29, 1.82) is 0 Å². The van der Waals surface area contributed by atoms with Gasteiger partial charge in [-0.2, -0.15) is 0 Å². The highest BCUT2D eigenvalue weighted by molar-refractivity contribution is 9.10. The molecule has 0 spiro atoms. The molecule has 0 aliphatic rings. The van der Waals surface area contributed by atoms with E-state index in [2.05, 4.69) is 21.2 Å². The van der Waals surface area contributed by atoms with Crippen molar-refractivity contribution in [3.63, 3.8) is 0 Å². The van der Waals surface area contributed by atoms with Gasteiger partial charge in [-0.15, -0.1) is 0 Å². The second-order valence-electron chi connectivity index (χ2n) is 4.34. The molecule has 0 heterocycles. The van der Waals surface area contributed by atoms with Gasteiger partial charge >= 0.3 is 0 Å². The first-order valence-electron chi connectivity index (χ1n) is 5.90. The van der Waals surface area contributed by atoms with Gasteiger partial charge in [0.2, 0.25) is 0 Å². The van der Waals surface area contributed by atoms with Crippen molar-refractivity contribution in [2.24, 2.45) is 0 Å². The number of aryl methyl sites for hydroxylation is 1. The van der Waals surface area contributed by atoms with Gasteiger partial charge in [0.25, 0.3) is 11.6 Å². The molecule has 0 bridgehead atoms. The fourth-order valence-corrected chi connectivity index (χ4v) is 2.24. The van der Waals surface area contributed by atoms with Crippen molar-refractivity contribution in [3.05, 3.63) is 67.1 Å². The molecule has 0 unspecified atom stereocenters. The first kappa shape index (κ1) is 15.5. The zero-order valence-corrected chi connectivity index (χ0v) is 13.2. The molecule has 7 heteroatoms. The Balaban J connectivity index is 2.29. The Kier molecular flexibility index (Phi) is 4.59. The third-order valence-corrected chi connectivity index (χ3v) is 4.07. The third kappa shape index (κ3) is 3.59. The molecule has 1 N–H and O–H groups in total. The Hall–Kier alpha value is -1.92. The number of halogens is 2. The Labute approximate surface area is 134 Å². The summed E-state index contributed by atoms with van der Waals surface area (Å²) in [5.41, 5.74) is 1.34. The number of benzene rings is 2. The summed E-state index contributed by atoms with van der Waals surface area (Å²) in [5.74, 6) is -0.412. The number of non-ortho nitro benzene ring substituents is 1. The van der Waals surface area contributed by atoms with Crippen LogP contribution < -0.4 is 5.32 Å². The van der Waals surface area contributed by atoms with Crippen LogP contribution >= 0.6 is 27.5 Å². The first-order chi connectivity index (χ1) is 9.88. The maximum atomic E-state index is 12.2. The monoisotopic (exact) mass is 368 g/mol. The quantitative estimate of drug-likeness (QED) is 0.636. The van der Waals surface area contributed by atoms with Crippen molar-refractivity contribution < 1.29 is 9.72 Å². The number of hydrogen-bond donors (Lipinski definition) is 1. The number of amides is 1. The Morgan fingerprint density at radius 1 is 1.29 bits per heavy atom. The molecule has 0 saturated heterocycles. The van der Waals surface area contributed by atoms with E-state index in [9.17, 15) is 14.9 Å². The van der Waals surface area contributed by atoms with Gasteiger partial charge < -0.3 is 5.32 Å². The van der Waals surface area contributed by atoms with Gasteiger partial charge in [-0.3, -0.25) is 14.9 Å². The molecule has 0 atom stereocenters. The fraction of sp³-hybridized carbons (Fsp3) is 0.0714. The minimum Gasteiger partial charge on any atom is -0.322 e. The number of anilines is 1. The number of nitro benzene ring substituents is 1. The summed E-state index contributed by atoms with van der Waals surface area (Å²) in [4.78, 5) is 22.5. The zero-order valence-electron chi connectivity index (χ0n) is 10.9. The van der Waals surface area contributed by atoms with Crippen LogP contribution in [0.2, 0.25) is 5.02 Å². The number of carbonyl (C=O) groups is 1. The van der Waals surface area contributed by atoms with E-state index in [-0.39, 0.29) is 11.3 Å². The van der Waals surface area contributed by atoms with Crippen LogP contribution in [0.25, 0.3) is 0 Å². The van der Waals surface area contributed by atoms with Crippen LogP contribution in [0.15, 0.2) is 40.9 Å². The number of nitrogens with zero attached hydrogens (tertiary/aromatic N) is 1. The van der Waals surface area contributed by atoms with E-state index in [1.165, 1.54) is 12.1 Å². The average Bonchev–Trinajstić information content (AvgIpc) is 2.43. The van der Waals surface area contributed by atoms with Crippen LogP contribution in [0.3, 0.4) is 0 Å². The standard InChI is InChI=1S/C14H10BrClN2O3/c1-8-2-4-10(18(20)21)7-11(8)14(19)17-9-3-5-13(16)12(15)6-9/h2-7H,1H3,(H,17,19).